The Morgan fingerprint density at radius 3 is 2.46 bits per heavy atom. The summed E-state index contributed by atoms with van der Waals surface area (Å²) < 4.78 is 0. The number of H-pyrrole nitrogens is 1. The predicted molar refractivity (Wildman–Crippen MR) is 136 cm³/mol. The molecule has 1 aliphatic heterocycles. The van der Waals surface area contributed by atoms with E-state index in [4.69, 9.17) is 0 Å². The summed E-state index contributed by atoms with van der Waals surface area (Å²) in [6, 6.07) is 30.7. The normalized spacial score (nSPS) is 14.8. The summed E-state index contributed by atoms with van der Waals surface area (Å²) in [5.41, 5.74) is 5.44. The van der Waals surface area contributed by atoms with Crippen molar-refractivity contribution in [3.63, 3.8) is 0 Å². The van der Waals surface area contributed by atoms with E-state index in [0.29, 0.717) is 11.4 Å². The maximum absolute atomic E-state index is 13.6. The van der Waals surface area contributed by atoms with E-state index in [2.05, 4.69) is 33.5 Å². The van der Waals surface area contributed by atoms with Gasteiger partial charge in [-0.3, -0.25) is 9.59 Å². The van der Waals surface area contributed by atoms with Crippen LogP contribution in [0.3, 0.4) is 0 Å². The number of para-hydroxylation sites is 1. The highest BCUT2D eigenvalue weighted by Crippen LogP contribution is 2.45. The Morgan fingerprint density at radius 1 is 0.886 bits per heavy atom. The highest BCUT2D eigenvalue weighted by molar-refractivity contribution is 6.04. The number of fused-ring (bicyclic) bond motifs is 2. The van der Waals surface area contributed by atoms with E-state index in [9.17, 15) is 9.59 Å². The molecule has 0 saturated heterocycles. The van der Waals surface area contributed by atoms with Crippen LogP contribution < -0.4 is 5.32 Å². The molecule has 35 heavy (non-hydrogen) atoms. The van der Waals surface area contributed by atoms with Crippen molar-refractivity contribution in [1.82, 2.24) is 14.9 Å². The van der Waals surface area contributed by atoms with Crippen LogP contribution in [0.5, 0.6) is 0 Å². The van der Waals surface area contributed by atoms with Crippen molar-refractivity contribution in [3.8, 4) is 11.3 Å². The molecule has 0 aliphatic carbocycles. The first kappa shape index (κ1) is 20.9. The molecular weight excluding hydrogens is 436 g/mol. The van der Waals surface area contributed by atoms with E-state index in [1.807, 2.05) is 60.7 Å². The van der Waals surface area contributed by atoms with Crippen LogP contribution in [0.1, 0.15) is 27.5 Å². The molecule has 5 aromatic rings. The molecule has 0 fully saturated rings. The van der Waals surface area contributed by atoms with Crippen molar-refractivity contribution in [2.45, 2.75) is 6.04 Å². The first-order valence-corrected chi connectivity index (χ1v) is 11.5. The molecule has 0 saturated carbocycles. The van der Waals surface area contributed by atoms with E-state index in [-0.39, 0.29) is 18.4 Å². The van der Waals surface area contributed by atoms with Gasteiger partial charge in [0, 0.05) is 28.2 Å². The average Bonchev–Trinajstić information content (AvgIpc) is 3.40. The topological polar surface area (TPSA) is 78.1 Å². The number of rotatable bonds is 5. The summed E-state index contributed by atoms with van der Waals surface area (Å²) in [6.07, 6.45) is 1.62. The van der Waals surface area contributed by atoms with Crippen LogP contribution in [-0.4, -0.2) is 33.2 Å². The molecule has 3 aromatic carbocycles. The van der Waals surface area contributed by atoms with Crippen LogP contribution in [0, 0.1) is 0 Å². The zero-order valence-corrected chi connectivity index (χ0v) is 18.8. The number of benzene rings is 3. The number of aromatic amines is 1. The van der Waals surface area contributed by atoms with Crippen molar-refractivity contribution in [3.05, 3.63) is 120 Å². The summed E-state index contributed by atoms with van der Waals surface area (Å²) in [5, 5.41) is 3.84. The molecular formula is C29H22N4O2. The maximum atomic E-state index is 13.6. The van der Waals surface area contributed by atoms with Crippen LogP contribution in [0.15, 0.2) is 103 Å². The SMILES string of the molecule is O=C(CN1C(=O)c2ccccc2C1c1c(-c2ccccc2)[nH]c2ccccc12)Nc1ccccn1. The molecule has 2 N–H and O–H groups in total. The number of amides is 2. The van der Waals surface area contributed by atoms with Gasteiger partial charge in [0.15, 0.2) is 0 Å². The van der Waals surface area contributed by atoms with Gasteiger partial charge in [-0.25, -0.2) is 4.98 Å². The lowest BCUT2D eigenvalue weighted by Gasteiger charge is -2.26. The maximum Gasteiger partial charge on any atom is 0.255 e. The van der Waals surface area contributed by atoms with Crippen molar-refractivity contribution in [2.75, 3.05) is 11.9 Å². The van der Waals surface area contributed by atoms with Crippen molar-refractivity contribution >= 4 is 28.5 Å². The minimum absolute atomic E-state index is 0.0948. The number of nitrogens with one attached hydrogen (secondary N) is 2. The van der Waals surface area contributed by atoms with Crippen LogP contribution in [-0.2, 0) is 4.79 Å². The fourth-order valence-corrected chi connectivity index (χ4v) is 4.90. The second-order valence-electron chi connectivity index (χ2n) is 8.51. The molecule has 6 rings (SSSR count). The quantitative estimate of drug-likeness (QED) is 0.369. The van der Waals surface area contributed by atoms with E-state index >= 15 is 0 Å². The fourth-order valence-electron chi connectivity index (χ4n) is 4.90. The van der Waals surface area contributed by atoms with E-state index in [1.54, 1.807) is 29.3 Å². The summed E-state index contributed by atoms with van der Waals surface area (Å²) >= 11 is 0. The molecule has 1 atom stereocenters. The second kappa shape index (κ2) is 8.57. The van der Waals surface area contributed by atoms with Crippen LogP contribution in [0.2, 0.25) is 0 Å². The third-order valence-electron chi connectivity index (χ3n) is 6.39. The lowest BCUT2D eigenvalue weighted by molar-refractivity contribution is -0.117. The largest absolute Gasteiger partial charge is 0.354 e. The van der Waals surface area contributed by atoms with Crippen LogP contribution in [0.25, 0.3) is 22.2 Å². The Bertz CT molecular complexity index is 1540. The molecule has 6 heteroatoms. The van der Waals surface area contributed by atoms with Crippen molar-refractivity contribution in [1.29, 1.82) is 0 Å². The van der Waals surface area contributed by atoms with Gasteiger partial charge in [-0.05, 0) is 35.4 Å². The minimum Gasteiger partial charge on any atom is -0.354 e. The number of hydrogen-bond donors (Lipinski definition) is 2. The monoisotopic (exact) mass is 458 g/mol. The lowest BCUT2D eigenvalue weighted by atomic mass is 9.93. The molecule has 3 heterocycles. The van der Waals surface area contributed by atoms with E-state index in [0.717, 1.165) is 33.3 Å². The third kappa shape index (κ3) is 3.65. The second-order valence-corrected chi connectivity index (χ2v) is 8.51. The summed E-state index contributed by atoms with van der Waals surface area (Å²) in [5.74, 6) is -0.00250. The smallest absolute Gasteiger partial charge is 0.255 e. The molecule has 1 aliphatic rings. The number of carbonyl (C=O) groups is 2. The van der Waals surface area contributed by atoms with Crippen LogP contribution >= 0.6 is 0 Å². The summed E-state index contributed by atoms with van der Waals surface area (Å²) in [7, 11) is 0. The predicted octanol–water partition coefficient (Wildman–Crippen LogP) is 5.41. The van der Waals surface area contributed by atoms with Gasteiger partial charge in [0.1, 0.15) is 12.4 Å². The zero-order valence-electron chi connectivity index (χ0n) is 18.8. The van der Waals surface area contributed by atoms with Gasteiger partial charge in [0.25, 0.3) is 5.91 Å². The highest BCUT2D eigenvalue weighted by atomic mass is 16.2. The summed E-state index contributed by atoms with van der Waals surface area (Å²) in [4.78, 5) is 36.0. The summed E-state index contributed by atoms with van der Waals surface area (Å²) in [6.45, 7) is -0.0948. The lowest BCUT2D eigenvalue weighted by Crippen LogP contribution is -2.36. The van der Waals surface area contributed by atoms with Gasteiger partial charge in [-0.1, -0.05) is 72.8 Å². The number of anilines is 1. The Balaban J connectivity index is 1.49. The van der Waals surface area contributed by atoms with Gasteiger partial charge < -0.3 is 15.2 Å². The average molecular weight is 459 g/mol. The first-order valence-electron chi connectivity index (χ1n) is 11.5. The minimum atomic E-state index is -0.417. The van der Waals surface area contributed by atoms with Crippen molar-refractivity contribution in [2.24, 2.45) is 0 Å². The van der Waals surface area contributed by atoms with Crippen molar-refractivity contribution < 1.29 is 9.59 Å². The van der Waals surface area contributed by atoms with Gasteiger partial charge in [0.05, 0.1) is 11.7 Å². The van der Waals surface area contributed by atoms with Gasteiger partial charge >= 0.3 is 0 Å². The Morgan fingerprint density at radius 2 is 1.63 bits per heavy atom. The Kier molecular flexibility index (Phi) is 5.11. The number of pyridine rings is 1. The number of carbonyl (C=O) groups excluding carboxylic acids is 2. The molecule has 6 nitrogen and oxygen atoms in total. The standard InChI is InChI=1S/C29H22N4O2/c34-25(32-24-16-8-9-17-30-24)18-33-28(20-12-4-5-13-21(20)29(33)35)26-22-14-6-7-15-23(22)31-27(26)19-10-2-1-3-11-19/h1-17,28,31H,18H2,(H,30,32,34). The fraction of sp³-hybridized carbons (Fsp3) is 0.0690. The number of nitrogens with zero attached hydrogens (tertiary/aromatic N) is 2. The Labute approximate surface area is 202 Å². The van der Waals surface area contributed by atoms with Gasteiger partial charge in [-0.2, -0.15) is 0 Å². The van der Waals surface area contributed by atoms with E-state index in [1.165, 1.54) is 0 Å². The Hall–Kier alpha value is -4.71. The number of aromatic nitrogens is 2. The number of hydrogen-bond acceptors (Lipinski definition) is 3. The molecule has 1 unspecified atom stereocenters. The molecule has 2 amide bonds. The van der Waals surface area contributed by atoms with E-state index < -0.39 is 6.04 Å². The molecule has 0 radical (unpaired) electrons. The highest BCUT2D eigenvalue weighted by Gasteiger charge is 2.41. The molecule has 0 bridgehead atoms. The molecule has 170 valence electrons. The van der Waals surface area contributed by atoms with Gasteiger partial charge in [0.2, 0.25) is 5.91 Å². The van der Waals surface area contributed by atoms with Gasteiger partial charge in [-0.15, -0.1) is 0 Å². The molecule has 2 aromatic heterocycles. The molecule has 0 spiro atoms. The third-order valence-corrected chi connectivity index (χ3v) is 6.39. The van der Waals surface area contributed by atoms with Crippen LogP contribution in [0.4, 0.5) is 5.82 Å². The zero-order chi connectivity index (χ0) is 23.8. The first-order chi connectivity index (χ1) is 17.2.